The first-order chi connectivity index (χ1) is 8.90. The summed E-state index contributed by atoms with van der Waals surface area (Å²) in [5.41, 5.74) is -1.01. The Labute approximate surface area is 105 Å². The highest BCUT2D eigenvalue weighted by atomic mass is 32.2. The van der Waals surface area contributed by atoms with Crippen molar-refractivity contribution in [3.05, 3.63) is 34.2 Å². The maximum absolute atomic E-state index is 11.9. The Morgan fingerprint density at radius 3 is 2.63 bits per heavy atom. The number of hydrogen-bond donors (Lipinski definition) is 4. The summed E-state index contributed by atoms with van der Waals surface area (Å²) in [4.78, 5) is 21.6. The number of rotatable bonds is 4. The minimum atomic E-state index is -4.19. The van der Waals surface area contributed by atoms with Gasteiger partial charge in [-0.3, -0.25) is 14.6 Å². The van der Waals surface area contributed by atoms with Gasteiger partial charge in [-0.15, -0.1) is 0 Å². The van der Waals surface area contributed by atoms with Gasteiger partial charge in [0.2, 0.25) is 0 Å². The highest BCUT2D eigenvalue weighted by Gasteiger charge is 2.25. The van der Waals surface area contributed by atoms with Crippen LogP contribution in [0.2, 0.25) is 0 Å². The van der Waals surface area contributed by atoms with E-state index in [1.54, 1.807) is 0 Å². The average Bonchev–Trinajstić information content (AvgIpc) is 2.82. The number of aromatic carboxylic acids is 1. The second-order valence-corrected chi connectivity index (χ2v) is 4.95. The molecule has 0 radical (unpaired) electrons. The molecule has 0 aromatic carbocycles. The van der Waals surface area contributed by atoms with Crippen LogP contribution in [0.5, 0.6) is 0 Å². The zero-order chi connectivity index (χ0) is 14.0. The average molecular weight is 285 g/mol. The topological polar surface area (TPSA) is 158 Å². The summed E-state index contributed by atoms with van der Waals surface area (Å²) < 4.78 is 25.8. The van der Waals surface area contributed by atoms with Crippen molar-refractivity contribution in [1.29, 1.82) is 0 Å². The molecule has 0 aliphatic heterocycles. The molecule has 100 valence electrons. The lowest BCUT2D eigenvalue weighted by Crippen LogP contribution is -2.19. The van der Waals surface area contributed by atoms with Gasteiger partial charge in [-0.25, -0.2) is 9.89 Å². The Kier molecular flexibility index (Phi) is 3.04. The van der Waals surface area contributed by atoms with E-state index in [0.29, 0.717) is 0 Å². The third kappa shape index (κ3) is 2.60. The van der Waals surface area contributed by atoms with Crippen molar-refractivity contribution in [1.82, 2.24) is 20.4 Å². The van der Waals surface area contributed by atoms with Gasteiger partial charge in [-0.2, -0.15) is 18.6 Å². The van der Waals surface area contributed by atoms with Crippen molar-refractivity contribution in [2.75, 3.05) is 4.72 Å². The molecule has 10 nitrogen and oxygen atoms in total. The Balaban J connectivity index is 2.38. The molecule has 0 spiro atoms. The summed E-state index contributed by atoms with van der Waals surface area (Å²) in [6.07, 6.45) is 0.872. The number of H-pyrrole nitrogens is 2. The summed E-state index contributed by atoms with van der Waals surface area (Å²) in [6, 6.07) is 2.20. The van der Waals surface area contributed by atoms with E-state index < -0.39 is 32.1 Å². The van der Waals surface area contributed by atoms with Crippen LogP contribution in [0.25, 0.3) is 0 Å². The summed E-state index contributed by atoms with van der Waals surface area (Å²) in [7, 11) is -4.19. The van der Waals surface area contributed by atoms with Crippen molar-refractivity contribution >= 4 is 21.8 Å². The van der Waals surface area contributed by atoms with Gasteiger partial charge in [0.05, 0.1) is 6.20 Å². The van der Waals surface area contributed by atoms with Gasteiger partial charge in [0.25, 0.3) is 15.6 Å². The maximum Gasteiger partial charge on any atom is 0.340 e. The number of nitrogens with zero attached hydrogens (tertiary/aromatic N) is 2. The molecular formula is C8H7N5O5S. The number of carboxylic acids is 1. The lowest BCUT2D eigenvalue weighted by molar-refractivity contribution is 0.0692. The highest BCUT2D eigenvalue weighted by Crippen LogP contribution is 2.15. The van der Waals surface area contributed by atoms with Crippen LogP contribution in [0, 0.1) is 0 Å². The number of aromatic amines is 2. The van der Waals surface area contributed by atoms with Gasteiger partial charge >= 0.3 is 5.97 Å². The van der Waals surface area contributed by atoms with Crippen molar-refractivity contribution in [2.24, 2.45) is 0 Å². The lowest BCUT2D eigenvalue weighted by Gasteiger charge is -2.05. The molecule has 2 heterocycles. The second kappa shape index (κ2) is 4.53. The Bertz CT molecular complexity index is 756. The standard InChI is InChI=1S/C8H7N5O5S/c14-6-2-1-5(10-11-6)13-19(17,18)7-4(8(15)16)3-9-12-7/h1-3H,(H,9,12)(H,10,13)(H,11,14)(H,15,16). The smallest absolute Gasteiger partial charge is 0.340 e. The van der Waals surface area contributed by atoms with Crippen LogP contribution in [0.1, 0.15) is 10.4 Å². The monoisotopic (exact) mass is 285 g/mol. The number of carboxylic acid groups (broad SMARTS) is 1. The second-order valence-electron chi connectivity index (χ2n) is 3.33. The van der Waals surface area contributed by atoms with E-state index in [0.717, 1.165) is 18.3 Å². The summed E-state index contributed by atoms with van der Waals surface area (Å²) >= 11 is 0. The first-order valence-corrected chi connectivity index (χ1v) is 6.23. The highest BCUT2D eigenvalue weighted by molar-refractivity contribution is 7.92. The molecule has 0 unspecified atom stereocenters. The van der Waals surface area contributed by atoms with Crippen molar-refractivity contribution in [3.8, 4) is 0 Å². The van der Waals surface area contributed by atoms with E-state index in [2.05, 4.69) is 15.3 Å². The molecular weight excluding hydrogens is 278 g/mol. The van der Waals surface area contributed by atoms with Crippen molar-refractivity contribution in [2.45, 2.75) is 5.03 Å². The van der Waals surface area contributed by atoms with Gasteiger partial charge in [0.15, 0.2) is 10.8 Å². The van der Waals surface area contributed by atoms with Crippen LogP contribution in [-0.2, 0) is 10.0 Å². The minimum absolute atomic E-state index is 0.162. The van der Waals surface area contributed by atoms with Crippen LogP contribution < -0.4 is 10.3 Å². The fourth-order valence-electron chi connectivity index (χ4n) is 1.22. The summed E-state index contributed by atoms with van der Waals surface area (Å²) in [5.74, 6) is -1.60. The number of hydrogen-bond acceptors (Lipinski definition) is 6. The molecule has 0 aliphatic carbocycles. The molecule has 11 heteroatoms. The van der Waals surface area contributed by atoms with Crippen LogP contribution in [0.4, 0.5) is 5.82 Å². The predicted molar refractivity (Wildman–Crippen MR) is 61.2 cm³/mol. The SMILES string of the molecule is O=C(O)c1cn[nH]c1S(=O)(=O)Nc1ccc(=O)[nH]n1. The number of aromatic nitrogens is 4. The minimum Gasteiger partial charge on any atom is -0.478 e. The molecule has 0 aliphatic rings. The van der Waals surface area contributed by atoms with Gasteiger partial charge in [0.1, 0.15) is 5.56 Å². The number of sulfonamides is 1. The van der Waals surface area contributed by atoms with E-state index in [1.165, 1.54) is 0 Å². The third-order valence-electron chi connectivity index (χ3n) is 2.02. The Morgan fingerprint density at radius 2 is 2.05 bits per heavy atom. The van der Waals surface area contributed by atoms with Gasteiger partial charge < -0.3 is 5.11 Å². The predicted octanol–water partition coefficient (Wildman–Crippen LogP) is -1.01. The van der Waals surface area contributed by atoms with Crippen molar-refractivity contribution < 1.29 is 18.3 Å². The zero-order valence-electron chi connectivity index (χ0n) is 9.11. The number of nitrogens with one attached hydrogen (secondary N) is 3. The van der Waals surface area contributed by atoms with Gasteiger partial charge in [-0.1, -0.05) is 0 Å². The molecule has 4 N–H and O–H groups in total. The van der Waals surface area contributed by atoms with Gasteiger partial charge in [0, 0.05) is 6.07 Å². The van der Waals surface area contributed by atoms with E-state index in [1.807, 2.05) is 9.82 Å². The Morgan fingerprint density at radius 1 is 1.32 bits per heavy atom. The van der Waals surface area contributed by atoms with Crippen LogP contribution in [0.3, 0.4) is 0 Å². The van der Waals surface area contributed by atoms with E-state index in [4.69, 9.17) is 5.11 Å². The first-order valence-electron chi connectivity index (χ1n) is 4.75. The van der Waals surface area contributed by atoms with E-state index >= 15 is 0 Å². The molecule has 0 saturated carbocycles. The molecule has 2 rings (SSSR count). The molecule has 0 fully saturated rings. The molecule has 0 bridgehead atoms. The molecule has 2 aromatic rings. The van der Waals surface area contributed by atoms with Crippen molar-refractivity contribution in [3.63, 3.8) is 0 Å². The van der Waals surface area contributed by atoms with E-state index in [9.17, 15) is 18.0 Å². The largest absolute Gasteiger partial charge is 0.478 e. The zero-order valence-corrected chi connectivity index (χ0v) is 9.93. The van der Waals surface area contributed by atoms with Crippen LogP contribution in [0.15, 0.2) is 28.2 Å². The lowest BCUT2D eigenvalue weighted by atomic mass is 10.4. The molecule has 2 aromatic heterocycles. The molecule has 0 atom stereocenters. The van der Waals surface area contributed by atoms with Gasteiger partial charge in [-0.05, 0) is 6.07 Å². The maximum atomic E-state index is 11.9. The molecule has 0 saturated heterocycles. The fourth-order valence-corrected chi connectivity index (χ4v) is 2.32. The van der Waals surface area contributed by atoms with E-state index in [-0.39, 0.29) is 5.82 Å². The van der Waals surface area contributed by atoms with Crippen LogP contribution >= 0.6 is 0 Å². The first kappa shape index (κ1) is 12.8. The summed E-state index contributed by atoms with van der Waals surface area (Å²) in [6.45, 7) is 0. The summed E-state index contributed by atoms with van der Waals surface area (Å²) in [5, 5.41) is 19.1. The normalized spacial score (nSPS) is 11.2. The Hall–Kier alpha value is -2.69. The quantitative estimate of drug-likeness (QED) is 0.560. The molecule has 19 heavy (non-hydrogen) atoms. The molecule has 0 amide bonds. The van der Waals surface area contributed by atoms with Crippen LogP contribution in [-0.4, -0.2) is 39.9 Å². The fraction of sp³-hybridized carbons (Fsp3) is 0. The third-order valence-corrected chi connectivity index (χ3v) is 3.35. The number of carbonyl (C=O) groups is 1. The number of anilines is 1.